The fraction of sp³-hybridized carbons (Fsp3) is 0.684. The molecule has 1 fully saturated rings. The van der Waals surface area contributed by atoms with Crippen molar-refractivity contribution in [2.24, 2.45) is 11.8 Å². The van der Waals surface area contributed by atoms with E-state index in [9.17, 15) is 0 Å². The van der Waals surface area contributed by atoms with E-state index >= 15 is 0 Å². The molecule has 21 heavy (non-hydrogen) atoms. The van der Waals surface area contributed by atoms with Crippen molar-refractivity contribution in [3.63, 3.8) is 0 Å². The molecule has 1 atom stereocenters. The summed E-state index contributed by atoms with van der Waals surface area (Å²) < 4.78 is 1.17. The summed E-state index contributed by atoms with van der Waals surface area (Å²) in [4.78, 5) is 0. The van der Waals surface area contributed by atoms with E-state index in [-0.39, 0.29) is 0 Å². The first-order valence-electron chi connectivity index (χ1n) is 8.64. The Bertz CT molecular complexity index is 393. The summed E-state index contributed by atoms with van der Waals surface area (Å²) in [5.41, 5.74) is 1.45. The van der Waals surface area contributed by atoms with E-state index in [0.717, 1.165) is 18.3 Å². The summed E-state index contributed by atoms with van der Waals surface area (Å²) in [5.74, 6) is 1.86. The second kappa shape index (κ2) is 8.95. The van der Waals surface area contributed by atoms with Gasteiger partial charge in [0.15, 0.2) is 0 Å². The quantitative estimate of drug-likeness (QED) is 0.676. The molecule has 0 bridgehead atoms. The fourth-order valence-corrected chi connectivity index (χ4v) is 4.02. The van der Waals surface area contributed by atoms with E-state index in [1.54, 1.807) is 0 Å². The van der Waals surface area contributed by atoms with Crippen molar-refractivity contribution in [3.05, 3.63) is 34.3 Å². The number of nitrogens with one attached hydrogen (secondary N) is 1. The molecule has 0 radical (unpaired) electrons. The Kier molecular flexibility index (Phi) is 7.25. The average Bonchev–Trinajstić information content (AvgIpc) is 2.53. The highest BCUT2D eigenvalue weighted by molar-refractivity contribution is 9.10. The minimum atomic E-state index is 0.637. The summed E-state index contributed by atoms with van der Waals surface area (Å²) in [6.07, 6.45) is 11.1. The van der Waals surface area contributed by atoms with E-state index in [1.807, 2.05) is 0 Å². The molecule has 1 nitrogen and oxygen atoms in total. The molecule has 0 amide bonds. The van der Waals surface area contributed by atoms with Gasteiger partial charge in [0.1, 0.15) is 0 Å². The first-order chi connectivity index (χ1) is 10.2. The normalized spacial score (nSPS) is 24.0. The monoisotopic (exact) mass is 351 g/mol. The van der Waals surface area contributed by atoms with Crippen molar-refractivity contribution in [2.45, 2.75) is 64.3 Å². The van der Waals surface area contributed by atoms with Crippen LogP contribution in [-0.4, -0.2) is 13.1 Å². The number of unbranched alkanes of at least 4 members (excludes halogenated alkanes) is 1. The Morgan fingerprint density at radius 1 is 1.14 bits per heavy atom. The molecule has 1 saturated carbocycles. The molecule has 1 aliphatic rings. The lowest BCUT2D eigenvalue weighted by Crippen LogP contribution is -2.37. The van der Waals surface area contributed by atoms with Crippen LogP contribution >= 0.6 is 15.9 Å². The minimum Gasteiger partial charge on any atom is -0.316 e. The maximum Gasteiger partial charge on any atom is 0.0175 e. The molecular weight excluding hydrogens is 322 g/mol. The van der Waals surface area contributed by atoms with Gasteiger partial charge in [0.05, 0.1) is 0 Å². The number of rotatable bonds is 7. The third-order valence-corrected chi connectivity index (χ3v) is 5.69. The molecule has 0 saturated heterocycles. The van der Waals surface area contributed by atoms with Gasteiger partial charge in [0.25, 0.3) is 0 Å². The van der Waals surface area contributed by atoms with Crippen molar-refractivity contribution in [3.8, 4) is 0 Å². The number of hydrogen-bond acceptors (Lipinski definition) is 1. The van der Waals surface area contributed by atoms with Gasteiger partial charge in [0.2, 0.25) is 0 Å². The molecule has 0 heterocycles. The number of halogens is 1. The van der Waals surface area contributed by atoms with Gasteiger partial charge >= 0.3 is 0 Å². The number of hydrogen-bond donors (Lipinski definition) is 1. The summed E-state index contributed by atoms with van der Waals surface area (Å²) in [6, 6.07) is 9.45. The number of likely N-dealkylation sites (N-methyl/N-ethyl adjacent to an activating group) is 1. The lowest BCUT2D eigenvalue weighted by atomic mass is 9.75. The molecule has 1 unspecified atom stereocenters. The standard InChI is InChI=1S/C19H30BrN/c1-3-4-5-15-6-10-17(11-7-15)19(21-2)14-16-8-12-18(20)13-9-16/h8-9,12-13,15,17,19,21H,3-7,10-11,14H2,1-2H3. The minimum absolute atomic E-state index is 0.637. The van der Waals surface area contributed by atoms with Gasteiger partial charge in [-0.2, -0.15) is 0 Å². The molecule has 1 aromatic rings. The highest BCUT2D eigenvalue weighted by Crippen LogP contribution is 2.34. The van der Waals surface area contributed by atoms with Crippen LogP contribution in [0.5, 0.6) is 0 Å². The van der Waals surface area contributed by atoms with Gasteiger partial charge in [-0.1, -0.05) is 67.1 Å². The molecule has 1 N–H and O–H groups in total. The molecular formula is C19H30BrN. The van der Waals surface area contributed by atoms with Crippen LogP contribution in [0.1, 0.15) is 57.4 Å². The summed E-state index contributed by atoms with van der Waals surface area (Å²) in [5, 5.41) is 3.58. The maximum atomic E-state index is 3.58. The van der Waals surface area contributed by atoms with Gasteiger partial charge in [0, 0.05) is 10.5 Å². The van der Waals surface area contributed by atoms with Crippen LogP contribution in [0.4, 0.5) is 0 Å². The first kappa shape index (κ1) is 17.0. The van der Waals surface area contributed by atoms with E-state index in [2.05, 4.69) is 59.5 Å². The van der Waals surface area contributed by atoms with Crippen LogP contribution in [0, 0.1) is 11.8 Å². The van der Waals surface area contributed by atoms with Crippen LogP contribution in [0.25, 0.3) is 0 Å². The van der Waals surface area contributed by atoms with E-state index in [0.29, 0.717) is 6.04 Å². The molecule has 2 rings (SSSR count). The van der Waals surface area contributed by atoms with E-state index in [1.165, 1.54) is 55.0 Å². The lowest BCUT2D eigenvalue weighted by Gasteiger charge is -2.34. The summed E-state index contributed by atoms with van der Waals surface area (Å²) >= 11 is 3.52. The third-order valence-electron chi connectivity index (χ3n) is 5.17. The third kappa shape index (κ3) is 5.41. The molecule has 1 aromatic carbocycles. The van der Waals surface area contributed by atoms with E-state index < -0.39 is 0 Å². The molecule has 0 aromatic heterocycles. The van der Waals surface area contributed by atoms with Crippen molar-refractivity contribution >= 4 is 15.9 Å². The largest absolute Gasteiger partial charge is 0.316 e. The highest BCUT2D eigenvalue weighted by Gasteiger charge is 2.26. The molecule has 1 aliphatic carbocycles. The smallest absolute Gasteiger partial charge is 0.0175 e. The second-order valence-corrected chi connectivity index (χ2v) is 7.56. The second-order valence-electron chi connectivity index (χ2n) is 6.65. The average molecular weight is 352 g/mol. The molecule has 0 aliphatic heterocycles. The van der Waals surface area contributed by atoms with Crippen molar-refractivity contribution in [1.82, 2.24) is 5.32 Å². The van der Waals surface area contributed by atoms with Gasteiger partial charge in [-0.3, -0.25) is 0 Å². The van der Waals surface area contributed by atoms with Crippen molar-refractivity contribution < 1.29 is 0 Å². The van der Waals surface area contributed by atoms with Gasteiger partial charge in [-0.25, -0.2) is 0 Å². The van der Waals surface area contributed by atoms with E-state index in [4.69, 9.17) is 0 Å². The Morgan fingerprint density at radius 2 is 1.81 bits per heavy atom. The zero-order chi connectivity index (χ0) is 15.1. The Balaban J connectivity index is 1.83. The van der Waals surface area contributed by atoms with Crippen LogP contribution in [-0.2, 0) is 6.42 Å². The summed E-state index contributed by atoms with van der Waals surface area (Å²) in [6.45, 7) is 2.31. The van der Waals surface area contributed by atoms with Crippen LogP contribution in [0.2, 0.25) is 0 Å². The lowest BCUT2D eigenvalue weighted by molar-refractivity contribution is 0.216. The van der Waals surface area contributed by atoms with Gasteiger partial charge in [-0.15, -0.1) is 0 Å². The maximum absolute atomic E-state index is 3.58. The Labute approximate surface area is 139 Å². The zero-order valence-electron chi connectivity index (χ0n) is 13.6. The topological polar surface area (TPSA) is 12.0 Å². The Morgan fingerprint density at radius 3 is 2.38 bits per heavy atom. The predicted molar refractivity (Wildman–Crippen MR) is 95.7 cm³/mol. The molecule has 2 heteroatoms. The van der Waals surface area contributed by atoms with Crippen molar-refractivity contribution in [1.29, 1.82) is 0 Å². The van der Waals surface area contributed by atoms with Crippen molar-refractivity contribution in [2.75, 3.05) is 7.05 Å². The van der Waals surface area contributed by atoms with Crippen LogP contribution in [0.3, 0.4) is 0 Å². The summed E-state index contributed by atoms with van der Waals surface area (Å²) in [7, 11) is 2.13. The van der Waals surface area contributed by atoms with Crippen LogP contribution < -0.4 is 5.32 Å². The van der Waals surface area contributed by atoms with Gasteiger partial charge in [-0.05, 0) is 55.8 Å². The zero-order valence-corrected chi connectivity index (χ0v) is 15.2. The molecule has 118 valence electrons. The SMILES string of the molecule is CCCCC1CCC(C(Cc2ccc(Br)cc2)NC)CC1. The Hall–Kier alpha value is -0.340. The first-order valence-corrected chi connectivity index (χ1v) is 9.44. The van der Waals surface area contributed by atoms with Crippen LogP contribution in [0.15, 0.2) is 28.7 Å². The van der Waals surface area contributed by atoms with Gasteiger partial charge < -0.3 is 5.32 Å². The highest BCUT2D eigenvalue weighted by atomic mass is 79.9. The molecule has 0 spiro atoms. The fourth-order valence-electron chi connectivity index (χ4n) is 3.75. The predicted octanol–water partition coefficient (Wildman–Crippen LogP) is 5.58. The number of benzene rings is 1.